The lowest BCUT2D eigenvalue weighted by Crippen LogP contribution is -2.55. The Labute approximate surface area is 194 Å². The second-order valence-electron chi connectivity index (χ2n) is 8.84. The first-order valence-electron chi connectivity index (χ1n) is 11.4. The van der Waals surface area contributed by atoms with Crippen molar-refractivity contribution in [2.24, 2.45) is 5.92 Å². The molecule has 3 atom stereocenters. The van der Waals surface area contributed by atoms with E-state index in [-0.39, 0.29) is 36.2 Å². The number of nitrogens with one attached hydrogen (secondary N) is 1. The molecule has 33 heavy (non-hydrogen) atoms. The van der Waals surface area contributed by atoms with E-state index in [4.69, 9.17) is 4.74 Å². The molecule has 0 bridgehead atoms. The molecule has 0 radical (unpaired) electrons. The van der Waals surface area contributed by atoms with Crippen molar-refractivity contribution in [2.75, 3.05) is 13.2 Å². The standard InChI is InChI=1S/C23H25FN4O4S/c24-19-9-6-14(26-27-19)17-7-8-18(33-17)22(30)25-20(13-4-2-1-3-5-13)23(31)28-11-10-16-21(28)15(29)12-32-16/h6-9,13,16,20-21H,1-5,10-12H2,(H,25,30)/t16-,20?,21-/m1/s1. The van der Waals surface area contributed by atoms with Crippen LogP contribution in [0.15, 0.2) is 24.3 Å². The number of carbonyl (C=O) groups excluding carboxylic acids is 3. The minimum Gasteiger partial charge on any atom is -0.368 e. The minimum atomic E-state index is -0.680. The van der Waals surface area contributed by atoms with Gasteiger partial charge in [0, 0.05) is 6.54 Å². The molecule has 2 saturated heterocycles. The zero-order chi connectivity index (χ0) is 22.9. The van der Waals surface area contributed by atoms with Crippen LogP contribution in [0.2, 0.25) is 0 Å². The van der Waals surface area contributed by atoms with E-state index in [2.05, 4.69) is 15.5 Å². The number of likely N-dealkylation sites (tertiary alicyclic amines) is 1. The van der Waals surface area contributed by atoms with Gasteiger partial charge in [0.1, 0.15) is 24.4 Å². The van der Waals surface area contributed by atoms with Crippen LogP contribution >= 0.6 is 11.3 Å². The topological polar surface area (TPSA) is 101 Å². The van der Waals surface area contributed by atoms with Crippen LogP contribution in [-0.2, 0) is 14.3 Å². The largest absolute Gasteiger partial charge is 0.368 e. The van der Waals surface area contributed by atoms with Crippen molar-refractivity contribution in [3.8, 4) is 10.6 Å². The first-order valence-corrected chi connectivity index (χ1v) is 12.2. The number of halogens is 1. The summed E-state index contributed by atoms with van der Waals surface area (Å²) in [6.45, 7) is 0.509. The third-order valence-electron chi connectivity index (χ3n) is 6.78. The SMILES string of the molecule is O=C(NC(C(=O)N1CC[C@H]2OCC(=O)[C@H]21)C1CCCCC1)c1ccc(-c2ccc(F)nn2)s1. The summed E-state index contributed by atoms with van der Waals surface area (Å²) in [7, 11) is 0. The van der Waals surface area contributed by atoms with Gasteiger partial charge >= 0.3 is 0 Å². The van der Waals surface area contributed by atoms with Crippen molar-refractivity contribution in [2.45, 2.75) is 56.7 Å². The molecule has 0 aromatic carbocycles. The Morgan fingerprint density at radius 3 is 2.70 bits per heavy atom. The van der Waals surface area contributed by atoms with Crippen LogP contribution in [-0.4, -0.2) is 64.0 Å². The second-order valence-corrected chi connectivity index (χ2v) is 9.92. The van der Waals surface area contributed by atoms with Gasteiger partial charge in [-0.05, 0) is 49.4 Å². The fraction of sp³-hybridized carbons (Fsp3) is 0.522. The van der Waals surface area contributed by atoms with E-state index in [1.165, 1.54) is 23.5 Å². The van der Waals surface area contributed by atoms with Gasteiger partial charge in [-0.2, -0.15) is 4.39 Å². The van der Waals surface area contributed by atoms with E-state index >= 15 is 0 Å². The molecule has 2 aliphatic heterocycles. The summed E-state index contributed by atoms with van der Waals surface area (Å²) in [6, 6.07) is 4.92. The Morgan fingerprint density at radius 2 is 1.94 bits per heavy atom. The van der Waals surface area contributed by atoms with E-state index in [1.54, 1.807) is 17.0 Å². The maximum absolute atomic E-state index is 13.6. The predicted molar refractivity (Wildman–Crippen MR) is 118 cm³/mol. The Hall–Kier alpha value is -2.72. The quantitative estimate of drug-likeness (QED) is 0.718. The summed E-state index contributed by atoms with van der Waals surface area (Å²) in [6.07, 6.45) is 5.30. The van der Waals surface area contributed by atoms with Crippen molar-refractivity contribution in [3.63, 3.8) is 0 Å². The molecule has 3 aliphatic rings. The van der Waals surface area contributed by atoms with Crippen LogP contribution in [0, 0.1) is 11.9 Å². The zero-order valence-electron chi connectivity index (χ0n) is 18.0. The molecule has 0 spiro atoms. The third kappa shape index (κ3) is 4.41. The Balaban J connectivity index is 1.35. The lowest BCUT2D eigenvalue weighted by Gasteiger charge is -2.34. The van der Waals surface area contributed by atoms with Crippen LogP contribution in [0.5, 0.6) is 0 Å². The number of rotatable bonds is 5. The van der Waals surface area contributed by atoms with E-state index < -0.39 is 18.0 Å². The lowest BCUT2D eigenvalue weighted by molar-refractivity contribution is -0.139. The van der Waals surface area contributed by atoms with Gasteiger partial charge in [-0.15, -0.1) is 21.5 Å². The molecule has 3 fully saturated rings. The Bertz CT molecular complexity index is 1050. The van der Waals surface area contributed by atoms with Crippen LogP contribution < -0.4 is 5.32 Å². The average Bonchev–Trinajstić information content (AvgIpc) is 3.56. The molecule has 1 aliphatic carbocycles. The van der Waals surface area contributed by atoms with Crippen molar-refractivity contribution in [1.82, 2.24) is 20.4 Å². The highest BCUT2D eigenvalue weighted by molar-refractivity contribution is 7.17. The number of ether oxygens (including phenoxy) is 1. The smallest absolute Gasteiger partial charge is 0.262 e. The van der Waals surface area contributed by atoms with Gasteiger partial charge in [0.05, 0.1) is 15.9 Å². The van der Waals surface area contributed by atoms with Gasteiger partial charge < -0.3 is 15.0 Å². The summed E-state index contributed by atoms with van der Waals surface area (Å²) in [5.41, 5.74) is 0.475. The number of amides is 2. The monoisotopic (exact) mass is 472 g/mol. The van der Waals surface area contributed by atoms with Gasteiger partial charge in [0.15, 0.2) is 5.78 Å². The van der Waals surface area contributed by atoms with E-state index in [9.17, 15) is 18.8 Å². The Kier molecular flexibility index (Phi) is 6.20. The molecule has 8 nitrogen and oxygen atoms in total. The fourth-order valence-corrected chi connectivity index (χ4v) is 6.00. The van der Waals surface area contributed by atoms with Crippen LogP contribution in [0.3, 0.4) is 0 Å². The maximum Gasteiger partial charge on any atom is 0.262 e. The number of hydrogen-bond acceptors (Lipinski definition) is 7. The predicted octanol–water partition coefficient (Wildman–Crippen LogP) is 2.59. The first-order chi connectivity index (χ1) is 16.0. The van der Waals surface area contributed by atoms with E-state index in [0.717, 1.165) is 32.1 Å². The molecule has 10 heteroatoms. The number of aromatic nitrogens is 2. The van der Waals surface area contributed by atoms with Crippen LogP contribution in [0.25, 0.3) is 10.6 Å². The summed E-state index contributed by atoms with van der Waals surface area (Å²) in [5, 5.41) is 10.2. The molecular weight excluding hydrogens is 447 g/mol. The maximum atomic E-state index is 13.6. The number of fused-ring (bicyclic) bond motifs is 1. The van der Waals surface area contributed by atoms with Crippen molar-refractivity contribution < 1.29 is 23.5 Å². The molecule has 2 amide bonds. The molecule has 4 heterocycles. The van der Waals surface area contributed by atoms with Crippen molar-refractivity contribution in [1.29, 1.82) is 0 Å². The molecule has 1 saturated carbocycles. The van der Waals surface area contributed by atoms with Crippen LogP contribution in [0.4, 0.5) is 4.39 Å². The van der Waals surface area contributed by atoms with E-state index in [1.807, 2.05) is 0 Å². The summed E-state index contributed by atoms with van der Waals surface area (Å²) >= 11 is 1.21. The van der Waals surface area contributed by atoms with Gasteiger partial charge in [0.25, 0.3) is 5.91 Å². The van der Waals surface area contributed by atoms with Gasteiger partial charge in [-0.25, -0.2) is 0 Å². The molecular formula is C23H25FN4O4S. The minimum absolute atomic E-state index is 0.0362. The summed E-state index contributed by atoms with van der Waals surface area (Å²) in [5.74, 6) is -1.23. The number of thiophene rings is 1. The average molecular weight is 473 g/mol. The summed E-state index contributed by atoms with van der Waals surface area (Å²) in [4.78, 5) is 41.8. The van der Waals surface area contributed by atoms with Crippen molar-refractivity contribution in [3.05, 3.63) is 35.1 Å². The molecule has 174 valence electrons. The summed E-state index contributed by atoms with van der Waals surface area (Å²) < 4.78 is 18.6. The van der Waals surface area contributed by atoms with Crippen molar-refractivity contribution >= 4 is 28.9 Å². The van der Waals surface area contributed by atoms with Crippen LogP contribution in [0.1, 0.15) is 48.2 Å². The molecule has 1 unspecified atom stereocenters. The highest BCUT2D eigenvalue weighted by Crippen LogP contribution is 2.32. The molecule has 2 aromatic heterocycles. The second kappa shape index (κ2) is 9.26. The number of ketones is 1. The van der Waals surface area contributed by atoms with Gasteiger partial charge in [-0.1, -0.05) is 19.3 Å². The van der Waals surface area contributed by atoms with Gasteiger partial charge in [0.2, 0.25) is 11.9 Å². The molecule has 2 aromatic rings. The van der Waals surface area contributed by atoms with E-state index in [0.29, 0.717) is 28.4 Å². The normalized spacial score (nSPS) is 24.0. The zero-order valence-corrected chi connectivity index (χ0v) is 18.9. The number of hydrogen-bond donors (Lipinski definition) is 1. The van der Waals surface area contributed by atoms with Gasteiger partial charge in [-0.3, -0.25) is 14.4 Å². The number of nitrogens with zero attached hydrogens (tertiary/aromatic N) is 3. The number of carbonyl (C=O) groups is 3. The third-order valence-corrected chi connectivity index (χ3v) is 7.89. The molecule has 5 rings (SSSR count). The Morgan fingerprint density at radius 1 is 1.12 bits per heavy atom. The highest BCUT2D eigenvalue weighted by atomic mass is 32.1. The first kappa shape index (κ1) is 22.1. The molecule has 1 N–H and O–H groups in total. The fourth-order valence-electron chi connectivity index (χ4n) is 5.13. The lowest BCUT2D eigenvalue weighted by atomic mass is 9.83. The number of Topliss-reactive ketones (excluding diaryl/α,β-unsaturated/α-hetero) is 1. The highest BCUT2D eigenvalue weighted by Gasteiger charge is 2.49.